The smallest absolute Gasteiger partial charge is 0.220 e. The maximum Gasteiger partial charge on any atom is 0.220 e. The van der Waals surface area contributed by atoms with Crippen LogP contribution in [-0.4, -0.2) is 20.1 Å². The molecule has 1 amide bonds. The third kappa shape index (κ3) is 4.68. The molecule has 0 aromatic heterocycles. The predicted octanol–water partition coefficient (Wildman–Crippen LogP) is 3.23. The number of halogens is 2. The highest BCUT2D eigenvalue weighted by atomic mass is 19.2. The Morgan fingerprint density at radius 3 is 2.50 bits per heavy atom. The molecule has 4 nitrogen and oxygen atoms in total. The number of methoxy groups -OCH3 is 2. The molecule has 24 heavy (non-hydrogen) atoms. The van der Waals surface area contributed by atoms with Gasteiger partial charge in [0, 0.05) is 24.6 Å². The van der Waals surface area contributed by atoms with Crippen LogP contribution < -0.4 is 14.8 Å². The first-order chi connectivity index (χ1) is 11.5. The molecule has 1 N–H and O–H groups in total. The molecule has 0 aliphatic carbocycles. The van der Waals surface area contributed by atoms with Gasteiger partial charge in [0.25, 0.3) is 0 Å². The lowest BCUT2D eigenvalue weighted by Crippen LogP contribution is -2.23. The number of nitrogens with one attached hydrogen (secondary N) is 1. The minimum Gasteiger partial charge on any atom is -0.497 e. The highest BCUT2D eigenvalue weighted by Crippen LogP contribution is 2.24. The summed E-state index contributed by atoms with van der Waals surface area (Å²) < 4.78 is 36.4. The van der Waals surface area contributed by atoms with Crippen molar-refractivity contribution in [2.45, 2.75) is 19.4 Å². The molecule has 0 radical (unpaired) electrons. The molecule has 2 aromatic carbocycles. The minimum atomic E-state index is -0.907. The van der Waals surface area contributed by atoms with Crippen molar-refractivity contribution in [3.63, 3.8) is 0 Å². The molecule has 0 saturated heterocycles. The van der Waals surface area contributed by atoms with Crippen LogP contribution in [0, 0.1) is 11.6 Å². The molecule has 0 unspecified atom stereocenters. The van der Waals surface area contributed by atoms with Gasteiger partial charge in [0.05, 0.1) is 14.2 Å². The van der Waals surface area contributed by atoms with Crippen LogP contribution in [0.2, 0.25) is 0 Å². The second kappa shape index (κ2) is 8.29. The van der Waals surface area contributed by atoms with Crippen molar-refractivity contribution in [3.8, 4) is 11.5 Å². The number of hydrogen-bond acceptors (Lipinski definition) is 3. The van der Waals surface area contributed by atoms with Crippen LogP contribution in [0.3, 0.4) is 0 Å². The van der Waals surface area contributed by atoms with E-state index in [1.165, 1.54) is 6.07 Å². The minimum absolute atomic E-state index is 0.183. The van der Waals surface area contributed by atoms with Crippen molar-refractivity contribution in [3.05, 3.63) is 59.2 Å². The first kappa shape index (κ1) is 17.7. The second-order valence-electron chi connectivity index (χ2n) is 5.20. The molecule has 0 heterocycles. The van der Waals surface area contributed by atoms with Gasteiger partial charge in [-0.3, -0.25) is 4.79 Å². The van der Waals surface area contributed by atoms with Crippen molar-refractivity contribution < 1.29 is 23.0 Å². The Kier molecular flexibility index (Phi) is 6.12. The fourth-order valence-corrected chi connectivity index (χ4v) is 2.23. The Morgan fingerprint density at radius 1 is 1.04 bits per heavy atom. The Hall–Kier alpha value is -2.63. The van der Waals surface area contributed by atoms with E-state index in [9.17, 15) is 13.6 Å². The zero-order valence-electron chi connectivity index (χ0n) is 13.6. The van der Waals surface area contributed by atoms with Gasteiger partial charge in [-0.25, -0.2) is 8.78 Å². The number of hydrogen-bond donors (Lipinski definition) is 1. The van der Waals surface area contributed by atoms with Crippen LogP contribution in [0.1, 0.15) is 17.5 Å². The van der Waals surface area contributed by atoms with Crippen molar-refractivity contribution in [2.75, 3.05) is 14.2 Å². The quantitative estimate of drug-likeness (QED) is 0.845. The maximum atomic E-state index is 13.1. The highest BCUT2D eigenvalue weighted by molar-refractivity contribution is 5.76. The number of carbonyl (C=O) groups is 1. The Balaban J connectivity index is 1.88. The lowest BCUT2D eigenvalue weighted by Gasteiger charge is -2.11. The number of aryl methyl sites for hydroxylation is 1. The molecule has 0 bridgehead atoms. The van der Waals surface area contributed by atoms with E-state index in [1.807, 2.05) is 6.07 Å². The van der Waals surface area contributed by atoms with E-state index in [2.05, 4.69) is 5.32 Å². The molecule has 2 rings (SSSR count). The predicted molar refractivity (Wildman–Crippen MR) is 86.1 cm³/mol. The first-order valence-corrected chi connectivity index (χ1v) is 7.45. The van der Waals surface area contributed by atoms with Gasteiger partial charge < -0.3 is 14.8 Å². The first-order valence-electron chi connectivity index (χ1n) is 7.45. The zero-order chi connectivity index (χ0) is 17.5. The molecule has 128 valence electrons. The van der Waals surface area contributed by atoms with Gasteiger partial charge in [-0.1, -0.05) is 6.07 Å². The van der Waals surface area contributed by atoms with Gasteiger partial charge >= 0.3 is 0 Å². The number of benzene rings is 2. The van der Waals surface area contributed by atoms with Gasteiger partial charge in [0.2, 0.25) is 5.91 Å². The molecule has 6 heteroatoms. The van der Waals surface area contributed by atoms with E-state index < -0.39 is 11.6 Å². The van der Waals surface area contributed by atoms with Crippen LogP contribution in [0.15, 0.2) is 36.4 Å². The summed E-state index contributed by atoms with van der Waals surface area (Å²) in [6.07, 6.45) is 0.520. The molecule has 0 saturated carbocycles. The summed E-state index contributed by atoms with van der Waals surface area (Å²) in [7, 11) is 3.11. The van der Waals surface area contributed by atoms with Gasteiger partial charge in [0.1, 0.15) is 11.5 Å². The van der Waals surface area contributed by atoms with Gasteiger partial charge in [-0.2, -0.15) is 0 Å². The van der Waals surface area contributed by atoms with Gasteiger partial charge in [-0.05, 0) is 36.2 Å². The van der Waals surface area contributed by atoms with Crippen molar-refractivity contribution in [1.29, 1.82) is 0 Å². The standard InChI is InChI=1S/C18H19F2NO3/c1-23-14-6-5-13(17(10-14)24-2)11-21-18(22)8-4-12-3-7-15(19)16(20)9-12/h3,5-7,9-10H,4,8,11H2,1-2H3,(H,21,22). The molecule has 0 fully saturated rings. The Morgan fingerprint density at radius 2 is 1.83 bits per heavy atom. The summed E-state index contributed by atoms with van der Waals surface area (Å²) in [6.45, 7) is 0.309. The second-order valence-corrected chi connectivity index (χ2v) is 5.20. The van der Waals surface area contributed by atoms with Crippen LogP contribution >= 0.6 is 0 Å². The molecule has 2 aromatic rings. The summed E-state index contributed by atoms with van der Waals surface area (Å²) in [5, 5.41) is 2.78. The Labute approximate surface area is 139 Å². The van der Waals surface area contributed by atoms with E-state index in [-0.39, 0.29) is 12.3 Å². The summed E-state index contributed by atoms with van der Waals surface area (Å²) in [4.78, 5) is 11.9. The number of rotatable bonds is 7. The Bertz CT molecular complexity index is 719. The summed E-state index contributed by atoms with van der Waals surface area (Å²) in [5.41, 5.74) is 1.39. The van der Waals surface area contributed by atoms with E-state index in [0.29, 0.717) is 30.0 Å². The lowest BCUT2D eigenvalue weighted by atomic mass is 10.1. The SMILES string of the molecule is COc1ccc(CNC(=O)CCc2ccc(F)c(F)c2)c(OC)c1. The van der Waals surface area contributed by atoms with Crippen molar-refractivity contribution in [2.24, 2.45) is 0 Å². The largest absolute Gasteiger partial charge is 0.497 e. The van der Waals surface area contributed by atoms with E-state index in [1.54, 1.807) is 26.4 Å². The van der Waals surface area contributed by atoms with Gasteiger partial charge in [-0.15, -0.1) is 0 Å². The molecule has 0 atom stereocenters. The number of ether oxygens (including phenoxy) is 2. The monoisotopic (exact) mass is 335 g/mol. The molecule has 0 spiro atoms. The lowest BCUT2D eigenvalue weighted by molar-refractivity contribution is -0.121. The topological polar surface area (TPSA) is 47.6 Å². The fourth-order valence-electron chi connectivity index (χ4n) is 2.23. The van der Waals surface area contributed by atoms with Gasteiger partial charge in [0.15, 0.2) is 11.6 Å². The molecular weight excluding hydrogens is 316 g/mol. The average Bonchev–Trinajstić information content (AvgIpc) is 2.60. The van der Waals surface area contributed by atoms with Crippen LogP contribution in [0.5, 0.6) is 11.5 Å². The summed E-state index contributed by atoms with van der Waals surface area (Å²) in [5.74, 6) is -0.696. The summed E-state index contributed by atoms with van der Waals surface area (Å²) in [6, 6.07) is 8.97. The molecule has 0 aliphatic rings. The fraction of sp³-hybridized carbons (Fsp3) is 0.278. The van der Waals surface area contributed by atoms with Crippen molar-refractivity contribution in [1.82, 2.24) is 5.32 Å². The molecule has 0 aliphatic heterocycles. The normalized spacial score (nSPS) is 10.3. The van der Waals surface area contributed by atoms with E-state index in [4.69, 9.17) is 9.47 Å². The highest BCUT2D eigenvalue weighted by Gasteiger charge is 2.08. The number of amides is 1. The van der Waals surface area contributed by atoms with Crippen LogP contribution in [-0.2, 0) is 17.8 Å². The zero-order valence-corrected chi connectivity index (χ0v) is 13.6. The third-order valence-electron chi connectivity index (χ3n) is 3.59. The van der Waals surface area contributed by atoms with Crippen molar-refractivity contribution >= 4 is 5.91 Å². The van der Waals surface area contributed by atoms with E-state index in [0.717, 1.165) is 17.7 Å². The number of carbonyl (C=O) groups excluding carboxylic acids is 1. The maximum absolute atomic E-state index is 13.1. The molecular formula is C18H19F2NO3. The third-order valence-corrected chi connectivity index (χ3v) is 3.59. The van der Waals surface area contributed by atoms with E-state index >= 15 is 0 Å². The average molecular weight is 335 g/mol. The summed E-state index contributed by atoms with van der Waals surface area (Å²) >= 11 is 0. The van der Waals surface area contributed by atoms with Crippen LogP contribution in [0.4, 0.5) is 8.78 Å². The van der Waals surface area contributed by atoms with Crippen LogP contribution in [0.25, 0.3) is 0 Å².